The van der Waals surface area contributed by atoms with Crippen LogP contribution in [-0.2, 0) is 10.1 Å². The molecule has 94 valence electrons. The number of hydrogen-bond donors (Lipinski definition) is 4. The van der Waals surface area contributed by atoms with Crippen molar-refractivity contribution in [2.24, 2.45) is 10.8 Å². The van der Waals surface area contributed by atoms with E-state index in [1.165, 1.54) is 18.2 Å². The fourth-order valence-electron chi connectivity index (χ4n) is 1.05. The average molecular weight is 267 g/mol. The Hall–Kier alpha value is -2.44. The molecule has 8 nitrogen and oxygen atoms in total. The average Bonchev–Trinajstić information content (AvgIpc) is 2.28. The zero-order valence-electron chi connectivity index (χ0n) is 8.95. The predicted octanol–water partition coefficient (Wildman–Crippen LogP) is 0.161. The highest BCUT2D eigenvalue weighted by Gasteiger charge is 2.14. The molecule has 9 heteroatoms. The summed E-state index contributed by atoms with van der Waals surface area (Å²) in [5.41, 5.74) is 6.88. The molecule has 0 unspecified atom stereocenters. The van der Waals surface area contributed by atoms with Crippen LogP contribution in [-0.4, -0.2) is 24.5 Å². The van der Waals surface area contributed by atoms with Crippen molar-refractivity contribution >= 4 is 27.4 Å². The van der Waals surface area contributed by atoms with Gasteiger partial charge < -0.3 is 5.73 Å². The first-order valence-electron chi connectivity index (χ1n) is 4.51. The molecule has 0 atom stereocenters. The first-order chi connectivity index (χ1) is 8.36. The van der Waals surface area contributed by atoms with Gasteiger partial charge in [-0.15, -0.1) is 0 Å². The molecular weight excluding hydrogens is 258 g/mol. The number of hydrazone groups is 1. The molecule has 0 heterocycles. The molecule has 0 saturated carbocycles. The molecule has 0 bridgehead atoms. The molecular formula is C9H9N5O3S. The molecule has 0 amide bonds. The van der Waals surface area contributed by atoms with E-state index in [1.54, 1.807) is 6.07 Å². The van der Waals surface area contributed by atoms with E-state index in [1.807, 2.05) is 0 Å². The van der Waals surface area contributed by atoms with Gasteiger partial charge in [-0.3, -0.25) is 15.4 Å². The second-order valence-electron chi connectivity index (χ2n) is 3.07. The van der Waals surface area contributed by atoms with Gasteiger partial charge >= 0.3 is 0 Å². The quantitative estimate of drug-likeness (QED) is 0.264. The van der Waals surface area contributed by atoms with E-state index >= 15 is 0 Å². The van der Waals surface area contributed by atoms with Gasteiger partial charge in [-0.1, -0.05) is 12.1 Å². The van der Waals surface area contributed by atoms with Crippen LogP contribution in [0.15, 0.2) is 34.3 Å². The summed E-state index contributed by atoms with van der Waals surface area (Å²) in [6, 6.07) is 6.97. The van der Waals surface area contributed by atoms with Gasteiger partial charge in [-0.25, -0.2) is 0 Å². The number of amidine groups is 1. The van der Waals surface area contributed by atoms with Gasteiger partial charge in [0.25, 0.3) is 10.1 Å². The fourth-order valence-corrected chi connectivity index (χ4v) is 1.69. The van der Waals surface area contributed by atoms with Crippen LogP contribution in [0.25, 0.3) is 0 Å². The summed E-state index contributed by atoms with van der Waals surface area (Å²) in [4.78, 5) is -0.394. The molecule has 0 fully saturated rings. The lowest BCUT2D eigenvalue weighted by Crippen LogP contribution is -2.22. The lowest BCUT2D eigenvalue weighted by atomic mass is 10.3. The highest BCUT2D eigenvalue weighted by molar-refractivity contribution is 7.86. The minimum atomic E-state index is -4.41. The fraction of sp³-hybridized carbons (Fsp3) is 0. The van der Waals surface area contributed by atoms with Crippen molar-refractivity contribution in [3.63, 3.8) is 0 Å². The van der Waals surface area contributed by atoms with Gasteiger partial charge in [0.15, 0.2) is 5.84 Å². The van der Waals surface area contributed by atoms with Crippen LogP contribution in [0.1, 0.15) is 0 Å². The first kappa shape index (κ1) is 13.6. The Morgan fingerprint density at radius 1 is 1.50 bits per heavy atom. The number of nitrogens with zero attached hydrogens (tertiary/aromatic N) is 2. The maximum absolute atomic E-state index is 11.0. The third-order valence-electron chi connectivity index (χ3n) is 1.81. The highest BCUT2D eigenvalue weighted by atomic mass is 32.2. The summed E-state index contributed by atoms with van der Waals surface area (Å²) >= 11 is 0. The summed E-state index contributed by atoms with van der Waals surface area (Å²) < 4.78 is 31.0. The Labute approximate surface area is 103 Å². The summed E-state index contributed by atoms with van der Waals surface area (Å²) in [5, 5.41) is 19.1. The third kappa shape index (κ3) is 3.27. The van der Waals surface area contributed by atoms with E-state index in [2.05, 4.69) is 10.5 Å². The van der Waals surface area contributed by atoms with E-state index in [-0.39, 0.29) is 5.69 Å². The van der Waals surface area contributed by atoms with E-state index in [4.69, 9.17) is 21.0 Å². The molecule has 18 heavy (non-hydrogen) atoms. The van der Waals surface area contributed by atoms with Crippen molar-refractivity contribution in [2.45, 2.75) is 4.90 Å². The molecule has 0 aliphatic heterocycles. The number of nitrogens with one attached hydrogen (secondary N) is 2. The maximum atomic E-state index is 11.0. The van der Waals surface area contributed by atoms with Crippen molar-refractivity contribution in [1.29, 1.82) is 10.7 Å². The summed E-state index contributed by atoms with van der Waals surface area (Å²) in [6.45, 7) is 0. The SMILES string of the molecule is N#C/C(=N\Nc1ccccc1S(=O)(=O)O)C(=N)N. The van der Waals surface area contributed by atoms with E-state index in [0.29, 0.717) is 0 Å². The van der Waals surface area contributed by atoms with Crippen molar-refractivity contribution < 1.29 is 13.0 Å². The number of nitriles is 1. The van der Waals surface area contributed by atoms with Gasteiger partial charge in [-0.05, 0) is 12.1 Å². The molecule has 1 rings (SSSR count). The Morgan fingerprint density at radius 3 is 2.61 bits per heavy atom. The standard InChI is InChI=1S/C9H9N5O3S/c10-5-7(9(11)12)14-13-6-3-1-2-4-8(6)18(15,16)17/h1-4,13H,(H3,11,12)(H,15,16,17)/b14-7+. The molecule has 0 radical (unpaired) electrons. The largest absolute Gasteiger partial charge is 0.382 e. The zero-order valence-corrected chi connectivity index (χ0v) is 9.77. The van der Waals surface area contributed by atoms with E-state index < -0.39 is 26.6 Å². The number of rotatable bonds is 4. The second kappa shape index (κ2) is 5.26. The molecule has 0 saturated heterocycles. The number of hydrogen-bond acceptors (Lipinski definition) is 6. The van der Waals surface area contributed by atoms with Gasteiger partial charge in [0, 0.05) is 0 Å². The van der Waals surface area contributed by atoms with Crippen molar-refractivity contribution in [3.05, 3.63) is 24.3 Å². The Morgan fingerprint density at radius 2 is 2.11 bits per heavy atom. The second-order valence-corrected chi connectivity index (χ2v) is 4.46. The molecule has 5 N–H and O–H groups in total. The maximum Gasteiger partial charge on any atom is 0.296 e. The third-order valence-corrected chi connectivity index (χ3v) is 2.73. The van der Waals surface area contributed by atoms with Crippen LogP contribution in [0.2, 0.25) is 0 Å². The van der Waals surface area contributed by atoms with Crippen molar-refractivity contribution in [2.75, 3.05) is 5.43 Å². The van der Waals surface area contributed by atoms with Crippen molar-refractivity contribution in [1.82, 2.24) is 0 Å². The summed E-state index contributed by atoms with van der Waals surface area (Å²) in [7, 11) is -4.41. The molecule has 1 aromatic rings. The summed E-state index contributed by atoms with van der Waals surface area (Å²) in [6.07, 6.45) is 0. The molecule has 0 spiro atoms. The van der Waals surface area contributed by atoms with Crippen LogP contribution in [0, 0.1) is 16.7 Å². The molecule has 0 aliphatic rings. The minimum absolute atomic E-state index is 0.0333. The Bertz CT molecular complexity index is 644. The molecule has 1 aromatic carbocycles. The number of nitrogens with two attached hydrogens (primary N) is 1. The molecule has 0 aliphatic carbocycles. The smallest absolute Gasteiger partial charge is 0.296 e. The topological polar surface area (TPSA) is 152 Å². The van der Waals surface area contributed by atoms with E-state index in [9.17, 15) is 8.42 Å². The summed E-state index contributed by atoms with van der Waals surface area (Å²) in [5.74, 6) is -0.561. The predicted molar refractivity (Wildman–Crippen MR) is 64.8 cm³/mol. The van der Waals surface area contributed by atoms with Gasteiger partial charge in [0.05, 0.1) is 5.69 Å². The normalized spacial score (nSPS) is 11.7. The van der Waals surface area contributed by atoms with Crippen LogP contribution in [0.5, 0.6) is 0 Å². The zero-order chi connectivity index (χ0) is 13.8. The van der Waals surface area contributed by atoms with E-state index in [0.717, 1.165) is 6.07 Å². The van der Waals surface area contributed by atoms with Crippen LogP contribution >= 0.6 is 0 Å². The van der Waals surface area contributed by atoms with Crippen LogP contribution < -0.4 is 11.2 Å². The van der Waals surface area contributed by atoms with Crippen LogP contribution in [0.3, 0.4) is 0 Å². The van der Waals surface area contributed by atoms with Crippen LogP contribution in [0.4, 0.5) is 5.69 Å². The lowest BCUT2D eigenvalue weighted by Gasteiger charge is -2.05. The first-order valence-corrected chi connectivity index (χ1v) is 5.95. The number of benzene rings is 1. The monoisotopic (exact) mass is 267 g/mol. The lowest BCUT2D eigenvalue weighted by molar-refractivity contribution is 0.483. The van der Waals surface area contributed by atoms with Gasteiger partial charge in [0.2, 0.25) is 5.71 Å². The number of para-hydroxylation sites is 1. The minimum Gasteiger partial charge on any atom is -0.382 e. The van der Waals surface area contributed by atoms with Gasteiger partial charge in [0.1, 0.15) is 11.0 Å². The molecule has 0 aromatic heterocycles. The highest BCUT2D eigenvalue weighted by Crippen LogP contribution is 2.20. The Balaban J connectivity index is 3.15. The van der Waals surface area contributed by atoms with Crippen molar-refractivity contribution in [3.8, 4) is 6.07 Å². The number of anilines is 1. The van der Waals surface area contributed by atoms with Gasteiger partial charge in [-0.2, -0.15) is 18.8 Å². The Kier molecular flexibility index (Phi) is 3.98.